The standard InChI is InChI=1S/C37H40F2N6O5/c1-20-23-13-15-29(25(23)12-11-24(20)36(49)50-37(2,3)4)44-35(48)31-17-30(34(47)40-18-21-10-14-27(38)28(39)16-21)43-32-26(19-41-45(31)32)33(46)42-22-8-6-5-7-9-22/h10-12,14,16-17,19,22,29H,5-9,13,15,18H2,1-4H3,(H,40,47)(H,42,46)(H,44,48)/t29-/m0/s1. The molecule has 1 saturated carbocycles. The fourth-order valence-corrected chi connectivity index (χ4v) is 6.65. The van der Waals surface area contributed by atoms with Crippen LogP contribution in [-0.2, 0) is 17.7 Å². The van der Waals surface area contributed by atoms with Gasteiger partial charge in [0.1, 0.15) is 22.6 Å². The molecule has 3 amide bonds. The number of carbonyl (C=O) groups is 4. The number of esters is 1. The number of rotatable bonds is 8. The van der Waals surface area contributed by atoms with E-state index in [2.05, 4.69) is 26.0 Å². The van der Waals surface area contributed by atoms with Gasteiger partial charge in [0.05, 0.1) is 17.8 Å². The van der Waals surface area contributed by atoms with Gasteiger partial charge in [0.2, 0.25) is 0 Å². The molecule has 11 nitrogen and oxygen atoms in total. The van der Waals surface area contributed by atoms with E-state index in [9.17, 15) is 28.0 Å². The minimum absolute atomic E-state index is 0.00159. The lowest BCUT2D eigenvalue weighted by atomic mass is 9.95. The predicted molar refractivity (Wildman–Crippen MR) is 180 cm³/mol. The Labute approximate surface area is 288 Å². The van der Waals surface area contributed by atoms with Crippen molar-refractivity contribution in [1.82, 2.24) is 30.5 Å². The molecule has 1 fully saturated rings. The van der Waals surface area contributed by atoms with Crippen LogP contribution >= 0.6 is 0 Å². The number of nitrogens with zero attached hydrogens (tertiary/aromatic N) is 3. The summed E-state index contributed by atoms with van der Waals surface area (Å²) in [6.07, 6.45) is 7.36. The van der Waals surface area contributed by atoms with Crippen molar-refractivity contribution in [1.29, 1.82) is 0 Å². The van der Waals surface area contributed by atoms with Crippen LogP contribution in [0.4, 0.5) is 8.78 Å². The molecule has 0 spiro atoms. The number of benzene rings is 2. The van der Waals surface area contributed by atoms with Gasteiger partial charge >= 0.3 is 5.97 Å². The lowest BCUT2D eigenvalue weighted by molar-refractivity contribution is 0.00682. The van der Waals surface area contributed by atoms with Crippen LogP contribution in [0.2, 0.25) is 0 Å². The molecule has 50 heavy (non-hydrogen) atoms. The fourth-order valence-electron chi connectivity index (χ4n) is 6.65. The van der Waals surface area contributed by atoms with Crippen LogP contribution in [0.3, 0.4) is 0 Å². The molecule has 2 aliphatic rings. The summed E-state index contributed by atoms with van der Waals surface area (Å²) < 4.78 is 34.0. The summed E-state index contributed by atoms with van der Waals surface area (Å²) in [6, 6.07) is 7.70. The van der Waals surface area contributed by atoms with Crippen LogP contribution in [0.25, 0.3) is 5.65 Å². The molecule has 0 aliphatic heterocycles. The number of hydrogen-bond donors (Lipinski definition) is 3. The molecular weight excluding hydrogens is 646 g/mol. The zero-order valence-electron chi connectivity index (χ0n) is 28.5. The first kappa shape index (κ1) is 34.7. The van der Waals surface area contributed by atoms with Crippen molar-refractivity contribution in [2.24, 2.45) is 0 Å². The third-order valence-electron chi connectivity index (χ3n) is 9.18. The van der Waals surface area contributed by atoms with Crippen LogP contribution in [0, 0.1) is 18.6 Å². The van der Waals surface area contributed by atoms with Crippen LogP contribution in [-0.4, -0.2) is 49.9 Å². The molecule has 0 saturated heterocycles. The second-order valence-corrected chi connectivity index (χ2v) is 13.9. The first-order valence-electron chi connectivity index (χ1n) is 16.9. The average Bonchev–Trinajstić information content (AvgIpc) is 3.69. The zero-order chi connectivity index (χ0) is 35.7. The Hall–Kier alpha value is -5.20. The molecule has 0 radical (unpaired) electrons. The number of aromatic nitrogens is 3. The van der Waals surface area contributed by atoms with Crippen molar-refractivity contribution >= 4 is 29.3 Å². The number of carbonyl (C=O) groups excluding carboxylic acids is 4. The molecule has 262 valence electrons. The molecular formula is C37H40F2N6O5. The van der Waals surface area contributed by atoms with Crippen LogP contribution < -0.4 is 16.0 Å². The summed E-state index contributed by atoms with van der Waals surface area (Å²) in [4.78, 5) is 58.1. The van der Waals surface area contributed by atoms with E-state index in [0.717, 1.165) is 60.9 Å². The third kappa shape index (κ3) is 7.36. The topological polar surface area (TPSA) is 144 Å². The summed E-state index contributed by atoms with van der Waals surface area (Å²) in [6.45, 7) is 7.15. The van der Waals surface area contributed by atoms with Gasteiger partial charge in [-0.25, -0.2) is 23.1 Å². The van der Waals surface area contributed by atoms with Gasteiger partial charge in [-0.3, -0.25) is 14.4 Å². The SMILES string of the molecule is Cc1c(C(=O)OC(C)(C)C)ccc2c1CC[C@@H]2NC(=O)c1cc(C(=O)NCc2ccc(F)c(F)c2)nc2c(C(=O)NC3CCCCC3)cnn12. The van der Waals surface area contributed by atoms with Crippen LogP contribution in [0.1, 0.15) is 129 Å². The molecule has 0 bridgehead atoms. The van der Waals surface area contributed by atoms with E-state index in [-0.39, 0.29) is 35.2 Å². The minimum Gasteiger partial charge on any atom is -0.456 e. The number of amides is 3. The predicted octanol–water partition coefficient (Wildman–Crippen LogP) is 5.68. The maximum Gasteiger partial charge on any atom is 0.338 e. The smallest absolute Gasteiger partial charge is 0.338 e. The molecule has 13 heteroatoms. The number of halogens is 2. The van der Waals surface area contributed by atoms with Crippen molar-refractivity contribution in [2.45, 2.75) is 96.9 Å². The van der Waals surface area contributed by atoms with E-state index in [0.29, 0.717) is 24.0 Å². The minimum atomic E-state index is -1.05. The summed E-state index contributed by atoms with van der Waals surface area (Å²) in [5.74, 6) is -4.13. The Morgan fingerprint density at radius 2 is 1.66 bits per heavy atom. The lowest BCUT2D eigenvalue weighted by Gasteiger charge is -2.22. The van der Waals surface area contributed by atoms with Crippen molar-refractivity contribution < 1.29 is 32.7 Å². The number of hydrogen-bond acceptors (Lipinski definition) is 7. The van der Waals surface area contributed by atoms with Gasteiger partial charge in [0.25, 0.3) is 17.7 Å². The maximum absolute atomic E-state index is 14.0. The van der Waals surface area contributed by atoms with Gasteiger partial charge in [-0.15, -0.1) is 0 Å². The summed E-state index contributed by atoms with van der Waals surface area (Å²) in [7, 11) is 0. The highest BCUT2D eigenvalue weighted by Gasteiger charge is 2.31. The number of fused-ring (bicyclic) bond motifs is 2. The van der Waals surface area contributed by atoms with Gasteiger partial charge in [-0.2, -0.15) is 5.10 Å². The van der Waals surface area contributed by atoms with Crippen LogP contribution in [0.15, 0.2) is 42.6 Å². The molecule has 1 atom stereocenters. The number of ether oxygens (including phenoxy) is 1. The molecule has 3 N–H and O–H groups in total. The Morgan fingerprint density at radius 3 is 2.38 bits per heavy atom. The van der Waals surface area contributed by atoms with Gasteiger partial charge in [0.15, 0.2) is 17.3 Å². The second kappa shape index (κ2) is 14.0. The summed E-state index contributed by atoms with van der Waals surface area (Å²) in [5, 5.41) is 13.0. The highest BCUT2D eigenvalue weighted by atomic mass is 19.2. The molecule has 2 aliphatic carbocycles. The molecule has 0 unspecified atom stereocenters. The molecule has 2 aromatic carbocycles. The summed E-state index contributed by atoms with van der Waals surface area (Å²) >= 11 is 0. The number of nitrogens with one attached hydrogen (secondary N) is 3. The fraction of sp³-hybridized carbons (Fsp3) is 0.405. The van der Waals surface area contributed by atoms with E-state index < -0.39 is 47.0 Å². The van der Waals surface area contributed by atoms with Crippen molar-refractivity contribution in [3.63, 3.8) is 0 Å². The Morgan fingerprint density at radius 1 is 0.900 bits per heavy atom. The Balaban J connectivity index is 1.29. The molecule has 4 aromatic rings. The first-order chi connectivity index (χ1) is 23.8. The van der Waals surface area contributed by atoms with Crippen LogP contribution in [0.5, 0.6) is 0 Å². The van der Waals surface area contributed by atoms with Crippen molar-refractivity contribution in [2.75, 3.05) is 0 Å². The monoisotopic (exact) mass is 686 g/mol. The lowest BCUT2D eigenvalue weighted by Crippen LogP contribution is -2.36. The zero-order valence-corrected chi connectivity index (χ0v) is 28.5. The van der Waals surface area contributed by atoms with E-state index in [1.165, 1.54) is 22.8 Å². The third-order valence-corrected chi connectivity index (χ3v) is 9.18. The largest absolute Gasteiger partial charge is 0.456 e. The van der Waals surface area contributed by atoms with Gasteiger partial charge in [0, 0.05) is 18.7 Å². The normalized spacial score (nSPS) is 16.2. The Kier molecular flexibility index (Phi) is 9.68. The highest BCUT2D eigenvalue weighted by molar-refractivity contribution is 6.03. The van der Waals surface area contributed by atoms with Crippen molar-refractivity contribution in [3.8, 4) is 0 Å². The van der Waals surface area contributed by atoms with E-state index >= 15 is 0 Å². The molecule has 6 rings (SSSR count). The average molecular weight is 687 g/mol. The van der Waals surface area contributed by atoms with Gasteiger partial charge in [-0.1, -0.05) is 31.4 Å². The van der Waals surface area contributed by atoms with E-state index in [1.807, 2.05) is 33.8 Å². The van der Waals surface area contributed by atoms with Crippen molar-refractivity contribution in [3.05, 3.63) is 99.0 Å². The maximum atomic E-state index is 14.0. The van der Waals surface area contributed by atoms with E-state index in [1.54, 1.807) is 6.07 Å². The molecule has 2 aromatic heterocycles. The second-order valence-electron chi connectivity index (χ2n) is 13.9. The highest BCUT2D eigenvalue weighted by Crippen LogP contribution is 2.35. The van der Waals surface area contributed by atoms with E-state index in [4.69, 9.17) is 4.74 Å². The van der Waals surface area contributed by atoms with Gasteiger partial charge < -0.3 is 20.7 Å². The first-order valence-corrected chi connectivity index (χ1v) is 16.9. The summed E-state index contributed by atoms with van der Waals surface area (Å²) in [5.41, 5.74) is 2.69. The molecule has 2 heterocycles. The quantitative estimate of drug-likeness (QED) is 0.202. The Bertz CT molecular complexity index is 2000. The van der Waals surface area contributed by atoms with Gasteiger partial charge in [-0.05, 0) is 93.8 Å².